The zero-order valence-corrected chi connectivity index (χ0v) is 20.9. The summed E-state index contributed by atoms with van der Waals surface area (Å²) in [6, 6.07) is 29.1. The number of hydrogen-bond donors (Lipinski definition) is 2. The third-order valence-corrected chi connectivity index (χ3v) is 6.89. The van der Waals surface area contributed by atoms with Crippen molar-refractivity contribution in [2.24, 2.45) is 0 Å². The number of sulfonamides is 1. The molecule has 36 heavy (non-hydrogen) atoms. The number of methoxy groups -OCH3 is 1. The van der Waals surface area contributed by atoms with E-state index in [0.717, 1.165) is 16.9 Å². The highest BCUT2D eigenvalue weighted by Crippen LogP contribution is 2.24. The van der Waals surface area contributed by atoms with Crippen LogP contribution < -0.4 is 14.8 Å². The number of anilines is 2. The topological polar surface area (TPSA) is 84.5 Å². The number of nitrogens with one attached hydrogen (secondary N) is 2. The highest BCUT2D eigenvalue weighted by Gasteiger charge is 2.16. The molecular formula is C28H23ClN2O4S. The van der Waals surface area contributed by atoms with Crippen LogP contribution in [0, 0.1) is 0 Å². The van der Waals surface area contributed by atoms with Gasteiger partial charge in [0, 0.05) is 16.3 Å². The molecule has 0 radical (unpaired) electrons. The van der Waals surface area contributed by atoms with Crippen molar-refractivity contribution in [3.63, 3.8) is 0 Å². The molecule has 0 saturated carbocycles. The lowest BCUT2D eigenvalue weighted by molar-refractivity contribution is -0.111. The monoisotopic (exact) mass is 518 g/mol. The molecule has 2 N–H and O–H groups in total. The van der Waals surface area contributed by atoms with Gasteiger partial charge in [0.2, 0.25) is 0 Å². The largest absolute Gasteiger partial charge is 0.497 e. The Morgan fingerprint density at radius 1 is 0.833 bits per heavy atom. The normalized spacial score (nSPS) is 11.6. The van der Waals surface area contributed by atoms with Crippen LogP contribution in [0.5, 0.6) is 5.75 Å². The Morgan fingerprint density at radius 3 is 2.17 bits per heavy atom. The van der Waals surface area contributed by atoms with Crippen molar-refractivity contribution in [3.05, 3.63) is 119 Å². The molecule has 0 aliphatic carbocycles. The van der Waals surface area contributed by atoms with Gasteiger partial charge >= 0.3 is 0 Å². The van der Waals surface area contributed by atoms with Gasteiger partial charge in [-0.15, -0.1) is 0 Å². The molecule has 0 unspecified atom stereocenters. The Hall–Kier alpha value is -4.07. The van der Waals surface area contributed by atoms with Gasteiger partial charge in [-0.25, -0.2) is 8.42 Å². The van der Waals surface area contributed by atoms with E-state index in [1.807, 2.05) is 54.6 Å². The van der Waals surface area contributed by atoms with Crippen LogP contribution in [0.1, 0.15) is 11.1 Å². The third-order valence-electron chi connectivity index (χ3n) is 5.26. The number of carbonyl (C=O) groups excluding carboxylic acids is 1. The number of amides is 1. The fourth-order valence-corrected chi connectivity index (χ4v) is 4.69. The molecule has 4 rings (SSSR count). The lowest BCUT2D eigenvalue weighted by Crippen LogP contribution is -2.15. The molecule has 182 valence electrons. The first kappa shape index (κ1) is 25.0. The number of hydrogen-bond acceptors (Lipinski definition) is 4. The van der Waals surface area contributed by atoms with Crippen molar-refractivity contribution in [3.8, 4) is 5.75 Å². The lowest BCUT2D eigenvalue weighted by atomic mass is 10.0. The van der Waals surface area contributed by atoms with E-state index in [1.54, 1.807) is 43.5 Å². The van der Waals surface area contributed by atoms with Crippen LogP contribution in [0.2, 0.25) is 5.02 Å². The summed E-state index contributed by atoms with van der Waals surface area (Å²) in [7, 11) is -2.23. The second-order valence-corrected chi connectivity index (χ2v) is 9.91. The fraction of sp³-hybridized carbons (Fsp3) is 0.0357. The lowest BCUT2D eigenvalue weighted by Gasteiger charge is -2.12. The number of ether oxygens (including phenoxy) is 1. The predicted octanol–water partition coefficient (Wildman–Crippen LogP) is 6.33. The van der Waals surface area contributed by atoms with Gasteiger partial charge in [0.1, 0.15) is 5.75 Å². The first-order valence-corrected chi connectivity index (χ1v) is 12.8. The maximum Gasteiger partial charge on any atom is 0.261 e. The molecule has 4 aromatic rings. The van der Waals surface area contributed by atoms with E-state index in [4.69, 9.17) is 16.3 Å². The van der Waals surface area contributed by atoms with Crippen LogP contribution >= 0.6 is 11.6 Å². The van der Waals surface area contributed by atoms with E-state index in [-0.39, 0.29) is 10.8 Å². The van der Waals surface area contributed by atoms with Gasteiger partial charge < -0.3 is 10.1 Å². The van der Waals surface area contributed by atoms with Crippen molar-refractivity contribution in [1.29, 1.82) is 0 Å². The van der Waals surface area contributed by atoms with Gasteiger partial charge in [-0.2, -0.15) is 0 Å². The number of carbonyl (C=O) groups is 1. The van der Waals surface area contributed by atoms with E-state index >= 15 is 0 Å². The van der Waals surface area contributed by atoms with Gasteiger partial charge in [0.15, 0.2) is 0 Å². The van der Waals surface area contributed by atoms with Gasteiger partial charge in [-0.1, -0.05) is 60.1 Å². The van der Waals surface area contributed by atoms with Crippen LogP contribution in [0.25, 0.3) is 11.6 Å². The number of rotatable bonds is 8. The summed E-state index contributed by atoms with van der Waals surface area (Å²) < 4.78 is 33.2. The molecule has 0 bridgehead atoms. The summed E-state index contributed by atoms with van der Waals surface area (Å²) >= 11 is 5.94. The Labute approximate surface area is 215 Å². The Kier molecular flexibility index (Phi) is 7.73. The Morgan fingerprint density at radius 2 is 1.53 bits per heavy atom. The average molecular weight is 519 g/mol. The minimum atomic E-state index is -3.82. The summed E-state index contributed by atoms with van der Waals surface area (Å²) in [5, 5.41) is 3.28. The molecule has 0 fully saturated rings. The molecule has 0 atom stereocenters. The Balaban J connectivity index is 1.55. The summed E-state index contributed by atoms with van der Waals surface area (Å²) in [5.74, 6) is 0.391. The zero-order valence-electron chi connectivity index (χ0n) is 19.3. The van der Waals surface area contributed by atoms with Crippen molar-refractivity contribution in [2.75, 3.05) is 17.1 Å². The molecule has 1 amide bonds. The van der Waals surface area contributed by atoms with Crippen molar-refractivity contribution >= 4 is 50.6 Å². The molecule has 0 aliphatic rings. The van der Waals surface area contributed by atoms with E-state index < -0.39 is 10.0 Å². The maximum absolute atomic E-state index is 13.2. The smallest absolute Gasteiger partial charge is 0.261 e. The standard InChI is InChI=1S/C28H23ClN2O4S/c1-35-25-14-10-20(11-15-25)18-27(21-6-3-2-4-7-21)28(32)30-23-12-16-26(17-13-23)36(33,34)31-24-9-5-8-22(29)19-24/h2-19,31H,1H3,(H,30,32)/b27-18+. The molecule has 0 saturated heterocycles. The number of benzene rings is 4. The fourth-order valence-electron chi connectivity index (χ4n) is 3.45. The highest BCUT2D eigenvalue weighted by molar-refractivity contribution is 7.92. The SMILES string of the molecule is COc1ccc(/C=C(/C(=O)Nc2ccc(S(=O)(=O)Nc3cccc(Cl)c3)cc2)c2ccccc2)cc1. The maximum atomic E-state index is 13.2. The van der Waals surface area contributed by atoms with Crippen LogP contribution in [-0.2, 0) is 14.8 Å². The van der Waals surface area contributed by atoms with Crippen molar-refractivity contribution < 1.29 is 17.9 Å². The third kappa shape index (κ3) is 6.33. The van der Waals surface area contributed by atoms with Crippen LogP contribution in [0.15, 0.2) is 108 Å². The number of halogens is 1. The summed E-state index contributed by atoms with van der Waals surface area (Å²) in [6.07, 6.45) is 1.79. The van der Waals surface area contributed by atoms with Crippen molar-refractivity contribution in [1.82, 2.24) is 0 Å². The Bertz CT molecular complexity index is 1490. The van der Waals surface area contributed by atoms with Gasteiger partial charge in [0.05, 0.1) is 17.7 Å². The zero-order chi connectivity index (χ0) is 25.5. The highest BCUT2D eigenvalue weighted by atomic mass is 35.5. The molecule has 6 nitrogen and oxygen atoms in total. The predicted molar refractivity (Wildman–Crippen MR) is 145 cm³/mol. The van der Waals surface area contributed by atoms with E-state index in [0.29, 0.717) is 22.0 Å². The minimum Gasteiger partial charge on any atom is -0.497 e. The second kappa shape index (κ2) is 11.1. The van der Waals surface area contributed by atoms with Crippen LogP contribution in [0.4, 0.5) is 11.4 Å². The van der Waals surface area contributed by atoms with Crippen molar-refractivity contribution in [2.45, 2.75) is 4.90 Å². The molecule has 0 aromatic heterocycles. The van der Waals surface area contributed by atoms with Gasteiger partial charge in [-0.05, 0) is 71.8 Å². The van der Waals surface area contributed by atoms with E-state index in [9.17, 15) is 13.2 Å². The van der Waals surface area contributed by atoms with Crippen LogP contribution in [-0.4, -0.2) is 21.4 Å². The van der Waals surface area contributed by atoms with Crippen LogP contribution in [0.3, 0.4) is 0 Å². The molecule has 0 spiro atoms. The first-order chi connectivity index (χ1) is 17.3. The molecule has 8 heteroatoms. The summed E-state index contributed by atoms with van der Waals surface area (Å²) in [5.41, 5.74) is 2.85. The van der Waals surface area contributed by atoms with E-state index in [1.165, 1.54) is 18.2 Å². The van der Waals surface area contributed by atoms with E-state index in [2.05, 4.69) is 10.0 Å². The summed E-state index contributed by atoms with van der Waals surface area (Å²) in [6.45, 7) is 0. The average Bonchev–Trinajstić information content (AvgIpc) is 2.88. The van der Waals surface area contributed by atoms with Gasteiger partial charge in [-0.3, -0.25) is 9.52 Å². The molecule has 0 heterocycles. The molecule has 0 aliphatic heterocycles. The van der Waals surface area contributed by atoms with Gasteiger partial charge in [0.25, 0.3) is 15.9 Å². The minimum absolute atomic E-state index is 0.0533. The first-order valence-electron chi connectivity index (χ1n) is 10.9. The second-order valence-electron chi connectivity index (χ2n) is 7.79. The molecular weight excluding hydrogens is 496 g/mol. The molecule has 4 aromatic carbocycles. The quantitative estimate of drug-likeness (QED) is 0.211. The summed E-state index contributed by atoms with van der Waals surface area (Å²) in [4.78, 5) is 13.3.